The third kappa shape index (κ3) is 14.9. The molecule has 0 aromatic heterocycles. The van der Waals surface area contributed by atoms with Gasteiger partial charge in [-0.3, -0.25) is 12.2 Å². The minimum absolute atomic E-state index is 0. The summed E-state index contributed by atoms with van der Waals surface area (Å²) in [7, 11) is 0. The van der Waals surface area contributed by atoms with Gasteiger partial charge in [-0.1, -0.05) is 65.2 Å². The van der Waals surface area contributed by atoms with Crippen LogP contribution in [0.5, 0.6) is 0 Å². The molecule has 2 aliphatic carbocycles. The van der Waals surface area contributed by atoms with Crippen LogP contribution in [0.3, 0.4) is 0 Å². The minimum atomic E-state index is 0. The Kier molecular flexibility index (Phi) is 29.7. The van der Waals surface area contributed by atoms with E-state index in [4.69, 9.17) is 0 Å². The predicted molar refractivity (Wildman–Crippen MR) is 116 cm³/mol. The number of allylic oxidation sites excluding steroid dienone is 8. The van der Waals surface area contributed by atoms with Gasteiger partial charge in [0.1, 0.15) is 0 Å². The molecule has 2 atom stereocenters. The van der Waals surface area contributed by atoms with Crippen molar-refractivity contribution in [2.24, 2.45) is 23.7 Å². The van der Waals surface area contributed by atoms with Gasteiger partial charge in [-0.2, -0.15) is 23.3 Å². The molecule has 0 bridgehead atoms. The molecule has 0 N–H and O–H groups in total. The van der Waals surface area contributed by atoms with Gasteiger partial charge >= 0.3 is 30.2 Å². The quantitative estimate of drug-likeness (QED) is 0.347. The first-order valence-electron chi connectivity index (χ1n) is 7.37. The summed E-state index contributed by atoms with van der Waals surface area (Å²) >= 11 is 1.58. The van der Waals surface area contributed by atoms with Crippen molar-refractivity contribution in [1.29, 1.82) is 0 Å². The zero-order chi connectivity index (χ0) is 15.7. The molecule has 0 saturated carbocycles. The van der Waals surface area contributed by atoms with E-state index in [1.54, 1.807) is 23.3 Å². The van der Waals surface area contributed by atoms with Gasteiger partial charge in [0.05, 0.1) is 0 Å². The summed E-state index contributed by atoms with van der Waals surface area (Å²) in [5.41, 5.74) is 2.87. The fraction of sp³-hybridized carbons (Fsp3) is 0.500. The van der Waals surface area contributed by atoms with Gasteiger partial charge in [0.15, 0.2) is 0 Å². The molecule has 0 amide bonds. The monoisotopic (exact) mass is 464 g/mol. The van der Waals surface area contributed by atoms with Crippen LogP contribution in [0.4, 0.5) is 0 Å². The van der Waals surface area contributed by atoms with Crippen LogP contribution in [0, 0.1) is 50.7 Å². The first-order valence-corrected chi connectivity index (χ1v) is 13.3. The number of hydrogen-bond acceptors (Lipinski definition) is 0. The molecular formula is C20H36Cl2SiZr-4. The third-order valence-corrected chi connectivity index (χ3v) is 3.24. The van der Waals surface area contributed by atoms with Crippen LogP contribution in [0.1, 0.15) is 41.5 Å². The van der Waals surface area contributed by atoms with Crippen molar-refractivity contribution < 1.29 is 23.3 Å². The molecule has 0 aliphatic heterocycles. The Balaban J connectivity index is -0.0000000789. The number of halogens is 2. The first-order chi connectivity index (χ1) is 9.40. The molecular weight excluding hydrogens is 430 g/mol. The molecule has 2 rings (SSSR count). The Morgan fingerprint density at radius 2 is 1.04 bits per heavy atom. The Morgan fingerprint density at radius 3 is 1.12 bits per heavy atom. The molecule has 24 heavy (non-hydrogen) atoms. The van der Waals surface area contributed by atoms with Crippen molar-refractivity contribution in [2.75, 3.05) is 0 Å². The van der Waals surface area contributed by atoms with Crippen LogP contribution >= 0.6 is 24.8 Å². The summed E-state index contributed by atoms with van der Waals surface area (Å²) in [6.07, 6.45) is 15.2. The maximum atomic E-state index is 3.23. The Labute approximate surface area is 181 Å². The van der Waals surface area contributed by atoms with Gasteiger partial charge < -0.3 is 14.9 Å². The van der Waals surface area contributed by atoms with Crippen molar-refractivity contribution in [3.05, 3.63) is 62.5 Å². The second kappa shape index (κ2) is 20.0. The Morgan fingerprint density at radius 1 is 0.792 bits per heavy atom. The van der Waals surface area contributed by atoms with Gasteiger partial charge in [0.25, 0.3) is 0 Å². The van der Waals surface area contributed by atoms with E-state index in [2.05, 4.69) is 78.0 Å². The normalized spacial score (nSPS) is 19.1. The average Bonchev–Trinajstić information content (AvgIpc) is 3.01. The number of rotatable bonds is 2. The molecule has 2 aliphatic rings. The molecule has 0 fully saturated rings. The fourth-order valence-electron chi connectivity index (χ4n) is 1.94. The summed E-state index contributed by atoms with van der Waals surface area (Å²) < 4.78 is 0. The molecule has 4 heteroatoms. The van der Waals surface area contributed by atoms with Crippen molar-refractivity contribution >= 4 is 31.7 Å². The van der Waals surface area contributed by atoms with Crippen molar-refractivity contribution in [1.82, 2.24) is 0 Å². The Hall–Kier alpha value is 0.640. The zero-order valence-electron chi connectivity index (χ0n) is 16.6. The summed E-state index contributed by atoms with van der Waals surface area (Å²) in [6.45, 7) is 15.1. The summed E-state index contributed by atoms with van der Waals surface area (Å²) in [5, 5.41) is 0. The third-order valence-electron chi connectivity index (χ3n) is 3.24. The van der Waals surface area contributed by atoms with Crippen LogP contribution < -0.4 is 0 Å². The topological polar surface area (TPSA) is 0 Å². The second-order valence-electron chi connectivity index (χ2n) is 5.84. The Bertz CT molecular complexity index is 372. The molecule has 0 nitrogen and oxygen atoms in total. The van der Waals surface area contributed by atoms with E-state index in [9.17, 15) is 0 Å². The van der Waals surface area contributed by atoms with Gasteiger partial charge in [0.2, 0.25) is 0 Å². The van der Waals surface area contributed by atoms with E-state index in [0.29, 0.717) is 23.7 Å². The standard InChI is InChI=1S/2C9H13.2CH3.2ClH.H2Si.Zr/c2*1-7(2)9-5-4-8(3)6-9;;;;;;/h2*5-8H,1-3H3;2*1H3;2*1H;1H2;/q4*-1;;;;. The van der Waals surface area contributed by atoms with Gasteiger partial charge in [-0.05, 0) is 0 Å². The van der Waals surface area contributed by atoms with Crippen LogP contribution in [-0.4, -0.2) is 6.88 Å². The molecule has 0 aromatic rings. The molecule has 0 aromatic carbocycles. The molecule has 0 spiro atoms. The SMILES string of the molecule is CC1[C-]=CC(C(C)C)=C1.CC1[C-]=CC(C(C)C)=C1.Cl.Cl.[CH3-].[CH3-].[SiH2]=[Zr]. The van der Waals surface area contributed by atoms with Crippen LogP contribution in [-0.2, 0) is 23.3 Å². The molecule has 0 radical (unpaired) electrons. The van der Waals surface area contributed by atoms with Gasteiger partial charge in [0, 0.05) is 0 Å². The fourth-order valence-corrected chi connectivity index (χ4v) is 1.94. The van der Waals surface area contributed by atoms with E-state index >= 15 is 0 Å². The maximum absolute atomic E-state index is 3.23. The van der Waals surface area contributed by atoms with Crippen molar-refractivity contribution in [3.63, 3.8) is 0 Å². The van der Waals surface area contributed by atoms with Gasteiger partial charge in [-0.15, -0.1) is 24.8 Å². The molecule has 0 heterocycles. The molecule has 2 unspecified atom stereocenters. The van der Waals surface area contributed by atoms with E-state index < -0.39 is 0 Å². The van der Waals surface area contributed by atoms with Crippen molar-refractivity contribution in [3.8, 4) is 0 Å². The van der Waals surface area contributed by atoms with Crippen molar-refractivity contribution in [2.45, 2.75) is 41.5 Å². The zero-order valence-corrected chi connectivity index (χ0v) is 22.1. The molecule has 142 valence electrons. The summed E-state index contributed by atoms with van der Waals surface area (Å²) in [6, 6.07) is 0. The average molecular weight is 467 g/mol. The van der Waals surface area contributed by atoms with E-state index in [1.807, 2.05) is 6.88 Å². The number of hydrogen-bond donors (Lipinski definition) is 0. The van der Waals surface area contributed by atoms with E-state index in [-0.39, 0.29) is 39.7 Å². The van der Waals surface area contributed by atoms with E-state index in [1.165, 1.54) is 11.1 Å². The predicted octanol–water partition coefficient (Wildman–Crippen LogP) is 5.98. The summed E-state index contributed by atoms with van der Waals surface area (Å²) in [5.74, 6) is 2.43. The van der Waals surface area contributed by atoms with Crippen LogP contribution in [0.25, 0.3) is 0 Å². The van der Waals surface area contributed by atoms with Crippen LogP contribution in [0.15, 0.2) is 35.5 Å². The second-order valence-corrected chi connectivity index (χ2v) is 5.84. The van der Waals surface area contributed by atoms with E-state index in [0.717, 1.165) is 0 Å². The molecule has 0 saturated heterocycles. The van der Waals surface area contributed by atoms with Crippen LogP contribution in [0.2, 0.25) is 0 Å². The first kappa shape index (κ1) is 35.7. The van der Waals surface area contributed by atoms with Gasteiger partial charge in [-0.25, -0.2) is 12.2 Å². The summed E-state index contributed by atoms with van der Waals surface area (Å²) in [4.78, 5) is 0.